The fourth-order valence-electron chi connectivity index (χ4n) is 9.99. The van der Waals surface area contributed by atoms with Crippen LogP contribution in [0, 0.1) is 23.2 Å². The van der Waals surface area contributed by atoms with Gasteiger partial charge >= 0.3 is 0 Å². The maximum absolute atomic E-state index is 16.7. The van der Waals surface area contributed by atoms with Crippen LogP contribution in [0.2, 0.25) is 0 Å². The van der Waals surface area contributed by atoms with Crippen molar-refractivity contribution >= 4 is 34.5 Å². The van der Waals surface area contributed by atoms with Crippen LogP contribution >= 0.6 is 0 Å². The molecule has 4 atom stereocenters. The zero-order chi connectivity index (χ0) is 53.0. The number of likely N-dealkylation sites (tertiary alicyclic amines) is 1. The van der Waals surface area contributed by atoms with Gasteiger partial charge in [-0.3, -0.25) is 34.1 Å². The second-order valence-electron chi connectivity index (χ2n) is 21.6. The standard InChI is InChI=1S/C54H75FN10O8/c1-13-64-42-19-18-36-28-39(42)40(47(64)38-17-14-24-56-45(38)35(4)70-12)30-52(5,6)32-72-33-71-31-37-16-15-25-65(59-37)50(68)41(29-43-58-49(36)73-60-43)57-48(67)46(34(2)3)62(11)51(69)54(55)22-26-63(27-23-54)44(66)20-21-53(7,8)61(9)10/h14,17-19,24,28,34-35,37,41,46,59H,13,15-16,22-23,25-27,29-33H2,1-12H3,(H,57,67)/t35-,37-,41-,46-/m0/s1. The van der Waals surface area contributed by atoms with E-state index in [2.05, 4.69) is 65.2 Å². The molecule has 2 saturated heterocycles. The van der Waals surface area contributed by atoms with Crippen molar-refractivity contribution in [3.8, 4) is 34.6 Å². The normalized spacial score (nSPS) is 20.6. The zero-order valence-corrected chi connectivity index (χ0v) is 44.8. The van der Waals surface area contributed by atoms with Gasteiger partial charge in [0.15, 0.2) is 11.5 Å². The summed E-state index contributed by atoms with van der Waals surface area (Å²) in [7, 11) is 6.81. The van der Waals surface area contributed by atoms with Crippen LogP contribution in [0.4, 0.5) is 4.39 Å². The predicted octanol–water partition coefficient (Wildman–Crippen LogP) is 5.73. The number of nitrogens with zero attached hydrogens (tertiary/aromatic N) is 8. The summed E-state index contributed by atoms with van der Waals surface area (Å²) in [6, 6.07) is 7.42. The Kier molecular flexibility index (Phi) is 17.2. The second kappa shape index (κ2) is 22.8. The number of alkyl halides is 1. The third-order valence-electron chi connectivity index (χ3n) is 14.7. The molecule has 1 aromatic carbocycles. The molecule has 0 aliphatic carbocycles. The summed E-state index contributed by atoms with van der Waals surface area (Å²) in [5, 5.41) is 9.73. The first-order valence-electron chi connectivity index (χ1n) is 25.5. The Hall–Kier alpha value is -5.78. The number of methoxy groups -OCH3 is 1. The number of hydrogen-bond acceptors (Lipinski definition) is 13. The molecule has 3 aliphatic rings. The lowest BCUT2D eigenvalue weighted by molar-refractivity contribution is -0.154. The number of aromatic nitrogens is 4. The molecule has 3 aliphatic heterocycles. The third kappa shape index (κ3) is 12.3. The van der Waals surface area contributed by atoms with E-state index in [1.54, 1.807) is 27.2 Å². The fourth-order valence-corrected chi connectivity index (χ4v) is 9.99. The average molecular weight is 1010 g/mol. The van der Waals surface area contributed by atoms with Gasteiger partial charge in [0.2, 0.25) is 5.91 Å². The number of carbonyl (C=O) groups excluding carboxylic acids is 4. The Labute approximate surface area is 429 Å². The molecule has 0 unspecified atom stereocenters. The number of nitrogens with one attached hydrogen (secondary N) is 2. The van der Waals surface area contributed by atoms with Gasteiger partial charge in [0.05, 0.1) is 36.2 Å². The van der Waals surface area contributed by atoms with Crippen molar-refractivity contribution in [3.05, 3.63) is 53.6 Å². The van der Waals surface area contributed by atoms with Crippen LogP contribution in [0.1, 0.15) is 104 Å². The number of fused-ring (bicyclic) bond motifs is 6. The summed E-state index contributed by atoms with van der Waals surface area (Å²) < 4.78 is 43.1. The van der Waals surface area contributed by atoms with Crippen LogP contribution in [-0.2, 0) is 52.8 Å². The monoisotopic (exact) mass is 1010 g/mol. The number of pyridine rings is 1. The molecule has 4 aromatic rings. The van der Waals surface area contributed by atoms with E-state index in [-0.39, 0.29) is 75.0 Å². The Morgan fingerprint density at radius 1 is 1.08 bits per heavy atom. The molecule has 7 rings (SSSR count). The molecule has 2 fully saturated rings. The van der Waals surface area contributed by atoms with E-state index in [0.29, 0.717) is 38.1 Å². The van der Waals surface area contributed by atoms with E-state index in [9.17, 15) is 19.2 Å². The summed E-state index contributed by atoms with van der Waals surface area (Å²) in [5.41, 5.74) is 5.63. The number of rotatable bonds is 10. The van der Waals surface area contributed by atoms with E-state index >= 15 is 4.39 Å². The lowest BCUT2D eigenvalue weighted by Gasteiger charge is -2.40. The highest BCUT2D eigenvalue weighted by Crippen LogP contribution is 2.42. The topological polar surface area (TPSA) is 190 Å². The lowest BCUT2D eigenvalue weighted by atomic mass is 9.84. The average Bonchev–Trinajstić information content (AvgIpc) is 3.95. The number of amides is 4. The van der Waals surface area contributed by atoms with Gasteiger partial charge < -0.3 is 38.4 Å². The lowest BCUT2D eigenvalue weighted by Crippen LogP contribution is -2.62. The van der Waals surface area contributed by atoms with Crippen molar-refractivity contribution in [1.82, 2.24) is 50.1 Å². The number of aryl methyl sites for hydroxylation is 1. The Balaban J connectivity index is 1.19. The number of benzene rings is 1. The number of carbonyl (C=O) groups is 4. The molecule has 2 N–H and O–H groups in total. The minimum atomic E-state index is -2.34. The highest BCUT2D eigenvalue weighted by Gasteiger charge is 2.47. The van der Waals surface area contributed by atoms with E-state index < -0.39 is 52.8 Å². The summed E-state index contributed by atoms with van der Waals surface area (Å²) >= 11 is 0. The first-order chi connectivity index (χ1) is 34.6. The smallest absolute Gasteiger partial charge is 0.298 e. The second-order valence-corrected chi connectivity index (χ2v) is 21.6. The van der Waals surface area contributed by atoms with Crippen molar-refractivity contribution in [2.75, 3.05) is 67.9 Å². The molecule has 4 amide bonds. The molecule has 0 saturated carbocycles. The summed E-state index contributed by atoms with van der Waals surface area (Å²) in [6.45, 7) is 17.4. The van der Waals surface area contributed by atoms with Crippen LogP contribution in [-0.4, -0.2) is 160 Å². The molecule has 6 bridgehead atoms. The molecular weight excluding hydrogens is 936 g/mol. The van der Waals surface area contributed by atoms with E-state index in [1.165, 1.54) is 17.0 Å². The third-order valence-corrected chi connectivity index (χ3v) is 14.7. The minimum Gasteiger partial charge on any atom is -0.375 e. The van der Waals surface area contributed by atoms with E-state index in [4.69, 9.17) is 28.7 Å². The van der Waals surface area contributed by atoms with Crippen LogP contribution in [0.3, 0.4) is 0 Å². The first-order valence-corrected chi connectivity index (χ1v) is 25.5. The molecule has 6 heterocycles. The zero-order valence-electron chi connectivity index (χ0n) is 44.8. The van der Waals surface area contributed by atoms with Crippen molar-refractivity contribution in [2.24, 2.45) is 11.3 Å². The highest BCUT2D eigenvalue weighted by atomic mass is 19.1. The van der Waals surface area contributed by atoms with Gasteiger partial charge in [0.1, 0.15) is 18.9 Å². The predicted molar refractivity (Wildman–Crippen MR) is 274 cm³/mol. The number of halogens is 1. The van der Waals surface area contributed by atoms with Gasteiger partial charge in [0.25, 0.3) is 23.6 Å². The van der Waals surface area contributed by atoms with E-state index in [0.717, 1.165) is 44.7 Å². The molecule has 396 valence electrons. The van der Waals surface area contributed by atoms with Crippen LogP contribution in [0.25, 0.3) is 33.6 Å². The molecule has 19 heteroatoms. The maximum Gasteiger partial charge on any atom is 0.298 e. The SMILES string of the molecule is CCn1c(-c2cccnc2[C@H](C)OC)c2c3cc(ccc31)-c1nc(no1)C[C@H](NC(=O)[C@H](C(C)C)N(C)C(=O)C1(F)CCN(C(=O)C#CC(C)(C)N(C)C)CC1)C(=O)N1CCC[C@@H](COCOCC(C)(C)C2)N1. The number of hydrazine groups is 1. The van der Waals surface area contributed by atoms with Gasteiger partial charge in [-0.2, -0.15) is 4.98 Å². The number of ether oxygens (including phenoxy) is 3. The summed E-state index contributed by atoms with van der Waals surface area (Å²) in [5.74, 6) is 3.13. The molecule has 73 heavy (non-hydrogen) atoms. The van der Waals surface area contributed by atoms with Crippen molar-refractivity contribution in [2.45, 2.75) is 136 Å². The highest BCUT2D eigenvalue weighted by molar-refractivity contribution is 5.97. The van der Waals surface area contributed by atoms with Gasteiger partial charge in [-0.05, 0) is 114 Å². The van der Waals surface area contributed by atoms with Crippen molar-refractivity contribution in [1.29, 1.82) is 0 Å². The van der Waals surface area contributed by atoms with Crippen molar-refractivity contribution < 1.29 is 42.3 Å². The minimum absolute atomic E-state index is 0.0180. The maximum atomic E-state index is 16.7. The Morgan fingerprint density at radius 3 is 2.51 bits per heavy atom. The van der Waals surface area contributed by atoms with Crippen molar-refractivity contribution in [3.63, 3.8) is 0 Å². The molecule has 3 aromatic heterocycles. The summed E-state index contributed by atoms with van der Waals surface area (Å²) in [4.78, 5) is 70.5. The molecular formula is C54H75FN10O8. The molecule has 0 spiro atoms. The number of hydrogen-bond donors (Lipinski definition) is 2. The molecule has 0 radical (unpaired) electrons. The first kappa shape index (κ1) is 55.0. The Morgan fingerprint density at radius 2 is 1.82 bits per heavy atom. The number of piperidine rings is 1. The van der Waals surface area contributed by atoms with Crippen LogP contribution in [0.5, 0.6) is 0 Å². The van der Waals surface area contributed by atoms with Gasteiger partial charge in [-0.15, -0.1) is 0 Å². The van der Waals surface area contributed by atoms with Gasteiger partial charge in [-0.25, -0.2) is 9.82 Å². The van der Waals surface area contributed by atoms with Gasteiger partial charge in [0, 0.05) is 93.9 Å². The molecule has 18 nitrogen and oxygen atoms in total. The number of likely N-dealkylation sites (N-methyl/N-ethyl adjacent to an activating group) is 1. The Bertz CT molecular complexity index is 2700. The fraction of sp³-hybridized carbons (Fsp3) is 0.611. The largest absolute Gasteiger partial charge is 0.375 e. The summed E-state index contributed by atoms with van der Waals surface area (Å²) in [6.07, 6.45) is 2.86. The van der Waals surface area contributed by atoms with Gasteiger partial charge in [-0.1, -0.05) is 38.8 Å². The van der Waals surface area contributed by atoms with Crippen LogP contribution in [0.15, 0.2) is 41.1 Å². The quantitative estimate of drug-likeness (QED) is 0.184. The van der Waals surface area contributed by atoms with Crippen LogP contribution < -0.4 is 10.7 Å². The van der Waals surface area contributed by atoms with E-state index in [1.807, 2.05) is 58.0 Å².